The zero-order chi connectivity index (χ0) is 13.2. The molecule has 0 amide bonds. The van der Waals surface area contributed by atoms with E-state index in [9.17, 15) is 4.79 Å². The molecule has 0 atom stereocenters. The number of benzene rings is 1. The standard InChI is InChI=1S/C12H11N5O2/c1-2-19-12(18)11-13-5-6-17(11)8-3-4-9-10(7-8)15-16-14-9/h3-7H,2H2,1H3,(H,14,15,16). The number of aromatic amines is 1. The lowest BCUT2D eigenvalue weighted by molar-refractivity contribution is 0.0510. The molecule has 0 spiro atoms. The Morgan fingerprint density at radius 3 is 3.05 bits per heavy atom. The van der Waals surface area contributed by atoms with Crippen LogP contribution in [0.1, 0.15) is 17.5 Å². The van der Waals surface area contributed by atoms with Crippen LogP contribution >= 0.6 is 0 Å². The summed E-state index contributed by atoms with van der Waals surface area (Å²) < 4.78 is 6.62. The Labute approximate surface area is 108 Å². The van der Waals surface area contributed by atoms with Crippen LogP contribution in [-0.2, 0) is 4.74 Å². The number of esters is 1. The molecule has 0 fully saturated rings. The van der Waals surface area contributed by atoms with Crippen molar-refractivity contribution in [2.45, 2.75) is 6.92 Å². The molecule has 1 N–H and O–H groups in total. The number of hydrogen-bond acceptors (Lipinski definition) is 5. The summed E-state index contributed by atoms with van der Waals surface area (Å²) in [6, 6.07) is 5.49. The predicted molar refractivity (Wildman–Crippen MR) is 67.0 cm³/mol. The maximum Gasteiger partial charge on any atom is 0.374 e. The summed E-state index contributed by atoms with van der Waals surface area (Å²) in [6.07, 6.45) is 3.26. The molecule has 96 valence electrons. The second kappa shape index (κ2) is 4.52. The van der Waals surface area contributed by atoms with Crippen molar-refractivity contribution in [2.75, 3.05) is 6.61 Å². The molecule has 0 aliphatic rings. The average molecular weight is 257 g/mol. The molecule has 0 bridgehead atoms. The van der Waals surface area contributed by atoms with Gasteiger partial charge >= 0.3 is 5.97 Å². The summed E-state index contributed by atoms with van der Waals surface area (Å²) in [5.41, 5.74) is 2.27. The van der Waals surface area contributed by atoms with Gasteiger partial charge in [-0.25, -0.2) is 9.78 Å². The van der Waals surface area contributed by atoms with Crippen molar-refractivity contribution in [3.05, 3.63) is 36.4 Å². The van der Waals surface area contributed by atoms with Crippen LogP contribution in [0.25, 0.3) is 16.7 Å². The smallest absolute Gasteiger partial charge is 0.374 e. The Morgan fingerprint density at radius 2 is 2.21 bits per heavy atom. The molecular formula is C12H11N5O2. The summed E-state index contributed by atoms with van der Waals surface area (Å²) >= 11 is 0. The number of imidazole rings is 1. The number of nitrogens with zero attached hydrogens (tertiary/aromatic N) is 4. The van der Waals surface area contributed by atoms with Gasteiger partial charge in [-0.2, -0.15) is 15.4 Å². The molecule has 19 heavy (non-hydrogen) atoms. The van der Waals surface area contributed by atoms with Crippen LogP contribution in [0.5, 0.6) is 0 Å². The molecular weight excluding hydrogens is 246 g/mol. The first-order valence-corrected chi connectivity index (χ1v) is 5.81. The van der Waals surface area contributed by atoms with Crippen LogP contribution in [0.15, 0.2) is 30.6 Å². The van der Waals surface area contributed by atoms with Gasteiger partial charge in [0.05, 0.1) is 6.61 Å². The average Bonchev–Trinajstić information content (AvgIpc) is 3.07. The molecule has 3 aromatic rings. The van der Waals surface area contributed by atoms with E-state index in [1.807, 2.05) is 18.2 Å². The van der Waals surface area contributed by atoms with Gasteiger partial charge in [-0.3, -0.25) is 4.57 Å². The maximum atomic E-state index is 11.8. The number of hydrogen-bond donors (Lipinski definition) is 1. The van der Waals surface area contributed by atoms with Gasteiger partial charge in [0.15, 0.2) is 0 Å². The first kappa shape index (κ1) is 11.4. The molecule has 2 aromatic heterocycles. The van der Waals surface area contributed by atoms with E-state index in [0.717, 1.165) is 16.7 Å². The Kier molecular flexibility index (Phi) is 2.71. The van der Waals surface area contributed by atoms with E-state index in [4.69, 9.17) is 4.74 Å². The van der Waals surface area contributed by atoms with Crippen molar-refractivity contribution in [2.24, 2.45) is 0 Å². The van der Waals surface area contributed by atoms with Crippen molar-refractivity contribution in [3.8, 4) is 5.69 Å². The van der Waals surface area contributed by atoms with Gasteiger partial charge in [0, 0.05) is 18.1 Å². The minimum absolute atomic E-state index is 0.240. The SMILES string of the molecule is CCOC(=O)c1nccn1-c1ccc2n[nH]nc2c1. The molecule has 1 aromatic carbocycles. The normalized spacial score (nSPS) is 10.8. The van der Waals surface area contributed by atoms with E-state index >= 15 is 0 Å². The summed E-state index contributed by atoms with van der Waals surface area (Å²) in [7, 11) is 0. The van der Waals surface area contributed by atoms with Crippen LogP contribution in [0.3, 0.4) is 0 Å². The van der Waals surface area contributed by atoms with Crippen molar-refractivity contribution >= 4 is 17.0 Å². The Balaban J connectivity index is 2.06. The van der Waals surface area contributed by atoms with E-state index < -0.39 is 5.97 Å². The molecule has 0 saturated heterocycles. The lowest BCUT2D eigenvalue weighted by atomic mass is 10.2. The fourth-order valence-corrected chi connectivity index (χ4v) is 1.84. The Hall–Kier alpha value is -2.70. The quantitative estimate of drug-likeness (QED) is 0.715. The van der Waals surface area contributed by atoms with Crippen LogP contribution in [0.2, 0.25) is 0 Å². The van der Waals surface area contributed by atoms with E-state index in [1.54, 1.807) is 23.9 Å². The Bertz CT molecular complexity index is 730. The molecule has 0 aliphatic heterocycles. The van der Waals surface area contributed by atoms with Crippen molar-refractivity contribution < 1.29 is 9.53 Å². The molecule has 2 heterocycles. The first-order valence-electron chi connectivity index (χ1n) is 5.81. The zero-order valence-electron chi connectivity index (χ0n) is 10.2. The van der Waals surface area contributed by atoms with Gasteiger partial charge in [0.2, 0.25) is 5.82 Å². The number of ether oxygens (including phenoxy) is 1. The number of fused-ring (bicyclic) bond motifs is 1. The fourth-order valence-electron chi connectivity index (χ4n) is 1.84. The van der Waals surface area contributed by atoms with Gasteiger partial charge < -0.3 is 4.74 Å². The zero-order valence-corrected chi connectivity index (χ0v) is 10.2. The fraction of sp³-hybridized carbons (Fsp3) is 0.167. The number of rotatable bonds is 3. The van der Waals surface area contributed by atoms with Crippen molar-refractivity contribution in [3.63, 3.8) is 0 Å². The maximum absolute atomic E-state index is 11.8. The molecule has 3 rings (SSSR count). The first-order chi connectivity index (χ1) is 9.29. The van der Waals surface area contributed by atoms with Gasteiger partial charge in [0.1, 0.15) is 11.0 Å². The van der Waals surface area contributed by atoms with Gasteiger partial charge in [0.25, 0.3) is 0 Å². The summed E-state index contributed by atoms with van der Waals surface area (Å²) in [5, 5.41) is 10.5. The second-order valence-electron chi connectivity index (χ2n) is 3.84. The van der Waals surface area contributed by atoms with E-state index in [0.29, 0.717) is 6.61 Å². The summed E-state index contributed by atoms with van der Waals surface area (Å²) in [6.45, 7) is 2.07. The number of H-pyrrole nitrogens is 1. The number of aromatic nitrogens is 5. The number of nitrogens with one attached hydrogen (secondary N) is 1. The molecule has 7 nitrogen and oxygen atoms in total. The Morgan fingerprint density at radius 1 is 1.37 bits per heavy atom. The van der Waals surface area contributed by atoms with Gasteiger partial charge in [-0.15, -0.1) is 0 Å². The predicted octanol–water partition coefficient (Wildman–Crippen LogP) is 1.32. The van der Waals surface area contributed by atoms with Crippen molar-refractivity contribution in [1.82, 2.24) is 25.0 Å². The third-order valence-corrected chi connectivity index (χ3v) is 2.68. The summed E-state index contributed by atoms with van der Waals surface area (Å²) in [4.78, 5) is 15.8. The molecule has 0 aliphatic carbocycles. The lowest BCUT2D eigenvalue weighted by Gasteiger charge is -2.06. The van der Waals surface area contributed by atoms with Crippen LogP contribution < -0.4 is 0 Å². The van der Waals surface area contributed by atoms with Crippen LogP contribution in [-0.4, -0.2) is 37.5 Å². The van der Waals surface area contributed by atoms with Gasteiger partial charge in [-0.1, -0.05) is 0 Å². The highest BCUT2D eigenvalue weighted by atomic mass is 16.5. The second-order valence-corrected chi connectivity index (χ2v) is 3.84. The highest BCUT2D eigenvalue weighted by Gasteiger charge is 2.15. The third-order valence-electron chi connectivity index (χ3n) is 2.68. The van der Waals surface area contributed by atoms with Crippen molar-refractivity contribution in [1.29, 1.82) is 0 Å². The minimum atomic E-state index is -0.451. The summed E-state index contributed by atoms with van der Waals surface area (Å²) in [5.74, 6) is -0.211. The minimum Gasteiger partial charge on any atom is -0.460 e. The molecule has 7 heteroatoms. The van der Waals surface area contributed by atoms with Crippen LogP contribution in [0, 0.1) is 0 Å². The monoisotopic (exact) mass is 257 g/mol. The van der Waals surface area contributed by atoms with E-state index in [1.165, 1.54) is 0 Å². The topological polar surface area (TPSA) is 85.7 Å². The third kappa shape index (κ3) is 1.95. The molecule has 0 saturated carbocycles. The van der Waals surface area contributed by atoms with E-state index in [2.05, 4.69) is 20.4 Å². The molecule has 0 unspecified atom stereocenters. The van der Waals surface area contributed by atoms with Crippen LogP contribution in [0.4, 0.5) is 0 Å². The highest BCUT2D eigenvalue weighted by molar-refractivity contribution is 5.86. The van der Waals surface area contributed by atoms with E-state index in [-0.39, 0.29) is 5.82 Å². The lowest BCUT2D eigenvalue weighted by Crippen LogP contribution is -2.12. The number of carbonyl (C=O) groups excluding carboxylic acids is 1. The largest absolute Gasteiger partial charge is 0.460 e. The highest BCUT2D eigenvalue weighted by Crippen LogP contribution is 2.16. The van der Waals surface area contributed by atoms with Gasteiger partial charge in [-0.05, 0) is 25.1 Å². The molecule has 0 radical (unpaired) electrons. The number of carbonyl (C=O) groups is 1.